The lowest BCUT2D eigenvalue weighted by molar-refractivity contribution is -0.140. The molecular formula is C12H22N2O3. The van der Waals surface area contributed by atoms with Crippen molar-refractivity contribution in [2.24, 2.45) is 11.3 Å². The Labute approximate surface area is 102 Å². The number of rotatable bonds is 7. The van der Waals surface area contributed by atoms with Crippen LogP contribution in [0.1, 0.15) is 39.5 Å². The number of hydrogen-bond acceptors (Lipinski definition) is 2. The van der Waals surface area contributed by atoms with Crippen molar-refractivity contribution in [3.05, 3.63) is 0 Å². The van der Waals surface area contributed by atoms with Gasteiger partial charge in [0.1, 0.15) is 0 Å². The maximum atomic E-state index is 11.4. The van der Waals surface area contributed by atoms with Crippen molar-refractivity contribution >= 4 is 12.0 Å². The molecule has 1 atom stereocenters. The number of amides is 2. The van der Waals surface area contributed by atoms with Crippen LogP contribution in [0.3, 0.4) is 0 Å². The smallest absolute Gasteiger partial charge is 0.314 e. The first-order valence-corrected chi connectivity index (χ1v) is 6.23. The molecule has 0 aromatic rings. The Bertz CT molecular complexity index is 287. The number of carbonyl (C=O) groups excluding carboxylic acids is 1. The lowest BCUT2D eigenvalue weighted by atomic mass is 10.0. The topological polar surface area (TPSA) is 78.4 Å². The minimum atomic E-state index is -0.894. The van der Waals surface area contributed by atoms with Gasteiger partial charge in [0.2, 0.25) is 0 Å². The average Bonchev–Trinajstić information content (AvgIpc) is 3.04. The Morgan fingerprint density at radius 3 is 2.47 bits per heavy atom. The third-order valence-electron chi connectivity index (χ3n) is 3.35. The van der Waals surface area contributed by atoms with E-state index < -0.39 is 11.9 Å². The SMILES string of the molecule is CCCC1(CNC(=O)NCC(C)C(=O)O)CC1. The van der Waals surface area contributed by atoms with Gasteiger partial charge in [-0.15, -0.1) is 0 Å². The maximum Gasteiger partial charge on any atom is 0.314 e. The Morgan fingerprint density at radius 1 is 1.35 bits per heavy atom. The van der Waals surface area contributed by atoms with Gasteiger partial charge in [0.05, 0.1) is 5.92 Å². The van der Waals surface area contributed by atoms with Crippen molar-refractivity contribution in [3.63, 3.8) is 0 Å². The first-order valence-electron chi connectivity index (χ1n) is 6.23. The Morgan fingerprint density at radius 2 is 2.00 bits per heavy atom. The number of nitrogens with one attached hydrogen (secondary N) is 2. The van der Waals surface area contributed by atoms with Gasteiger partial charge >= 0.3 is 12.0 Å². The van der Waals surface area contributed by atoms with Crippen LogP contribution in [-0.2, 0) is 4.79 Å². The molecule has 0 saturated heterocycles. The highest BCUT2D eigenvalue weighted by Gasteiger charge is 2.41. The van der Waals surface area contributed by atoms with Crippen LogP contribution in [0.2, 0.25) is 0 Å². The van der Waals surface area contributed by atoms with Gasteiger partial charge in [-0.1, -0.05) is 20.3 Å². The molecule has 0 aromatic heterocycles. The van der Waals surface area contributed by atoms with Gasteiger partial charge in [-0.05, 0) is 24.7 Å². The van der Waals surface area contributed by atoms with Crippen LogP contribution < -0.4 is 10.6 Å². The fraction of sp³-hybridized carbons (Fsp3) is 0.833. The molecule has 0 aromatic carbocycles. The van der Waals surface area contributed by atoms with Crippen LogP contribution in [0.4, 0.5) is 4.79 Å². The molecule has 1 unspecified atom stereocenters. The predicted octanol–water partition coefficient (Wildman–Crippen LogP) is 1.59. The number of carboxylic acids is 1. The van der Waals surface area contributed by atoms with E-state index in [1.165, 1.54) is 12.8 Å². The molecule has 0 aliphatic heterocycles. The van der Waals surface area contributed by atoms with Gasteiger partial charge in [-0.25, -0.2) is 4.79 Å². The van der Waals surface area contributed by atoms with Crippen LogP contribution in [0, 0.1) is 11.3 Å². The molecule has 0 spiro atoms. The first kappa shape index (κ1) is 13.8. The van der Waals surface area contributed by atoms with Crippen molar-refractivity contribution in [2.45, 2.75) is 39.5 Å². The van der Waals surface area contributed by atoms with E-state index in [-0.39, 0.29) is 12.6 Å². The first-order chi connectivity index (χ1) is 7.99. The fourth-order valence-electron chi connectivity index (χ4n) is 1.89. The second-order valence-electron chi connectivity index (χ2n) is 5.05. The molecule has 1 saturated carbocycles. The number of aliphatic carboxylic acids is 1. The molecule has 2 amide bonds. The average molecular weight is 242 g/mol. The van der Waals surface area contributed by atoms with E-state index in [0.717, 1.165) is 12.8 Å². The van der Waals surface area contributed by atoms with Crippen LogP contribution in [0.15, 0.2) is 0 Å². The molecule has 5 nitrogen and oxygen atoms in total. The van der Waals surface area contributed by atoms with Crippen molar-refractivity contribution in [2.75, 3.05) is 13.1 Å². The van der Waals surface area contributed by atoms with Gasteiger partial charge in [0.25, 0.3) is 0 Å². The fourth-order valence-corrected chi connectivity index (χ4v) is 1.89. The molecule has 1 aliphatic rings. The summed E-state index contributed by atoms with van der Waals surface area (Å²) in [7, 11) is 0. The normalized spacial score (nSPS) is 18.2. The highest BCUT2D eigenvalue weighted by atomic mass is 16.4. The zero-order valence-electron chi connectivity index (χ0n) is 10.6. The van der Waals surface area contributed by atoms with Crippen molar-refractivity contribution in [1.29, 1.82) is 0 Å². The third-order valence-corrected chi connectivity index (χ3v) is 3.35. The Balaban J connectivity index is 2.15. The van der Waals surface area contributed by atoms with E-state index in [2.05, 4.69) is 17.6 Å². The zero-order valence-corrected chi connectivity index (χ0v) is 10.6. The zero-order chi connectivity index (χ0) is 12.9. The molecule has 0 heterocycles. The summed E-state index contributed by atoms with van der Waals surface area (Å²) in [6.45, 7) is 4.59. The molecule has 0 bridgehead atoms. The van der Waals surface area contributed by atoms with E-state index >= 15 is 0 Å². The molecule has 3 N–H and O–H groups in total. The van der Waals surface area contributed by atoms with Crippen LogP contribution in [0.5, 0.6) is 0 Å². The Kier molecular flexibility index (Phi) is 4.78. The predicted molar refractivity (Wildman–Crippen MR) is 64.8 cm³/mol. The summed E-state index contributed by atoms with van der Waals surface area (Å²) in [6, 6.07) is -0.263. The molecule has 1 fully saturated rings. The standard InChI is InChI=1S/C12H22N2O3/c1-3-4-12(5-6-12)8-14-11(17)13-7-9(2)10(15)16/h9H,3-8H2,1-2H3,(H,15,16)(H2,13,14,17). The largest absolute Gasteiger partial charge is 0.481 e. The van der Waals surface area contributed by atoms with E-state index in [9.17, 15) is 9.59 Å². The third kappa shape index (κ3) is 4.63. The van der Waals surface area contributed by atoms with E-state index in [1.807, 2.05) is 0 Å². The molecule has 5 heteroatoms. The van der Waals surface area contributed by atoms with Gasteiger partial charge in [0.15, 0.2) is 0 Å². The van der Waals surface area contributed by atoms with Gasteiger partial charge in [-0.2, -0.15) is 0 Å². The molecule has 1 rings (SSSR count). The molecule has 98 valence electrons. The molecule has 17 heavy (non-hydrogen) atoms. The number of urea groups is 1. The highest BCUT2D eigenvalue weighted by Crippen LogP contribution is 2.48. The van der Waals surface area contributed by atoms with E-state index in [0.29, 0.717) is 12.0 Å². The van der Waals surface area contributed by atoms with Crippen molar-refractivity contribution in [3.8, 4) is 0 Å². The maximum absolute atomic E-state index is 11.4. The second kappa shape index (κ2) is 5.89. The van der Waals surface area contributed by atoms with Crippen molar-refractivity contribution in [1.82, 2.24) is 10.6 Å². The second-order valence-corrected chi connectivity index (χ2v) is 5.05. The molecular weight excluding hydrogens is 220 g/mol. The summed E-state index contributed by atoms with van der Waals surface area (Å²) in [5.74, 6) is -1.44. The van der Waals surface area contributed by atoms with Crippen molar-refractivity contribution < 1.29 is 14.7 Å². The molecule has 1 aliphatic carbocycles. The minimum absolute atomic E-state index is 0.169. The van der Waals surface area contributed by atoms with E-state index in [4.69, 9.17) is 5.11 Å². The van der Waals surface area contributed by atoms with Gasteiger partial charge in [0, 0.05) is 13.1 Å². The lowest BCUT2D eigenvalue weighted by Crippen LogP contribution is -2.41. The Hall–Kier alpha value is -1.26. The van der Waals surface area contributed by atoms with E-state index in [1.54, 1.807) is 6.92 Å². The summed E-state index contributed by atoms with van der Waals surface area (Å²) in [4.78, 5) is 22.0. The summed E-state index contributed by atoms with van der Waals surface area (Å²) in [6.07, 6.45) is 4.66. The summed E-state index contributed by atoms with van der Waals surface area (Å²) in [5.41, 5.74) is 0.324. The lowest BCUT2D eigenvalue weighted by Gasteiger charge is -2.15. The number of carbonyl (C=O) groups is 2. The van der Waals surface area contributed by atoms with Crippen LogP contribution in [0.25, 0.3) is 0 Å². The summed E-state index contributed by atoms with van der Waals surface area (Å²) in [5, 5.41) is 14.1. The number of hydrogen-bond donors (Lipinski definition) is 3. The van der Waals surface area contributed by atoms with Crippen LogP contribution >= 0.6 is 0 Å². The minimum Gasteiger partial charge on any atom is -0.481 e. The highest BCUT2D eigenvalue weighted by molar-refractivity contribution is 5.75. The number of carboxylic acid groups (broad SMARTS) is 1. The van der Waals surface area contributed by atoms with Gasteiger partial charge < -0.3 is 15.7 Å². The summed E-state index contributed by atoms with van der Waals surface area (Å²) >= 11 is 0. The monoisotopic (exact) mass is 242 g/mol. The molecule has 0 radical (unpaired) electrons. The quantitative estimate of drug-likeness (QED) is 0.634. The van der Waals surface area contributed by atoms with Crippen LogP contribution in [-0.4, -0.2) is 30.2 Å². The van der Waals surface area contributed by atoms with Gasteiger partial charge in [-0.3, -0.25) is 4.79 Å². The summed E-state index contributed by atoms with van der Waals surface area (Å²) < 4.78 is 0.